The standard InChI is InChI=1S/C18H12N2O4/c21-18(22)16-13-7-5-10-3-1-2-4-12(10)17(13)19-15-8-6-11(20(23)24)9-14(15)16/h1-4,6,8-9H,5,7H2,(H,21,22). The van der Waals surface area contributed by atoms with Crippen molar-refractivity contribution in [1.82, 2.24) is 4.98 Å². The Balaban J connectivity index is 2.11. The molecule has 0 fully saturated rings. The van der Waals surface area contributed by atoms with E-state index in [2.05, 4.69) is 4.98 Å². The Morgan fingerprint density at radius 1 is 1.17 bits per heavy atom. The van der Waals surface area contributed by atoms with Crippen molar-refractivity contribution in [3.63, 3.8) is 0 Å². The first-order valence-corrected chi connectivity index (χ1v) is 7.49. The average Bonchev–Trinajstić information content (AvgIpc) is 2.58. The van der Waals surface area contributed by atoms with Crippen LogP contribution in [0.25, 0.3) is 22.2 Å². The third-order valence-electron chi connectivity index (χ3n) is 4.41. The molecule has 0 atom stereocenters. The number of nitro groups is 1. The maximum Gasteiger partial charge on any atom is 0.336 e. The minimum Gasteiger partial charge on any atom is -0.478 e. The van der Waals surface area contributed by atoms with E-state index in [4.69, 9.17) is 0 Å². The lowest BCUT2D eigenvalue weighted by Gasteiger charge is -2.21. The van der Waals surface area contributed by atoms with Gasteiger partial charge in [0.2, 0.25) is 0 Å². The number of nitrogens with zero attached hydrogens (tertiary/aromatic N) is 2. The molecule has 1 N–H and O–H groups in total. The van der Waals surface area contributed by atoms with Gasteiger partial charge in [-0.3, -0.25) is 10.1 Å². The van der Waals surface area contributed by atoms with E-state index in [-0.39, 0.29) is 11.3 Å². The molecule has 0 amide bonds. The molecule has 0 bridgehead atoms. The summed E-state index contributed by atoms with van der Waals surface area (Å²) in [6.07, 6.45) is 1.28. The summed E-state index contributed by atoms with van der Waals surface area (Å²) in [7, 11) is 0. The Kier molecular flexibility index (Phi) is 3.06. The highest BCUT2D eigenvalue weighted by Crippen LogP contribution is 2.37. The van der Waals surface area contributed by atoms with Crippen molar-refractivity contribution in [2.75, 3.05) is 0 Å². The first-order valence-electron chi connectivity index (χ1n) is 7.49. The predicted molar refractivity (Wildman–Crippen MR) is 88.2 cm³/mol. The number of rotatable bonds is 2. The number of nitro benzene ring substituents is 1. The van der Waals surface area contributed by atoms with E-state index in [0.29, 0.717) is 28.6 Å². The van der Waals surface area contributed by atoms with Gasteiger partial charge in [-0.2, -0.15) is 0 Å². The number of pyridine rings is 1. The maximum absolute atomic E-state index is 11.9. The summed E-state index contributed by atoms with van der Waals surface area (Å²) < 4.78 is 0. The molecular formula is C18H12N2O4. The van der Waals surface area contributed by atoms with Gasteiger partial charge in [-0.05, 0) is 30.0 Å². The number of carboxylic acids is 1. The number of aryl methyl sites for hydroxylation is 1. The second-order valence-electron chi connectivity index (χ2n) is 5.73. The zero-order chi connectivity index (χ0) is 16.8. The van der Waals surface area contributed by atoms with Crippen molar-refractivity contribution in [1.29, 1.82) is 0 Å². The van der Waals surface area contributed by atoms with Crippen LogP contribution in [-0.2, 0) is 12.8 Å². The van der Waals surface area contributed by atoms with E-state index in [1.165, 1.54) is 18.2 Å². The molecule has 1 aliphatic rings. The molecule has 118 valence electrons. The van der Waals surface area contributed by atoms with Crippen LogP contribution in [0.2, 0.25) is 0 Å². The fourth-order valence-corrected chi connectivity index (χ4v) is 3.34. The molecule has 0 radical (unpaired) electrons. The lowest BCUT2D eigenvalue weighted by molar-refractivity contribution is -0.384. The maximum atomic E-state index is 11.9. The van der Waals surface area contributed by atoms with E-state index in [1.54, 1.807) is 0 Å². The number of hydrogen-bond acceptors (Lipinski definition) is 4. The first-order chi connectivity index (χ1) is 11.6. The molecule has 6 nitrogen and oxygen atoms in total. The smallest absolute Gasteiger partial charge is 0.336 e. The largest absolute Gasteiger partial charge is 0.478 e. The molecular weight excluding hydrogens is 308 g/mol. The summed E-state index contributed by atoms with van der Waals surface area (Å²) in [6, 6.07) is 12.0. The zero-order valence-corrected chi connectivity index (χ0v) is 12.5. The number of benzene rings is 2. The third-order valence-corrected chi connectivity index (χ3v) is 4.41. The van der Waals surface area contributed by atoms with Gasteiger partial charge in [0.15, 0.2) is 0 Å². The van der Waals surface area contributed by atoms with Crippen LogP contribution in [0, 0.1) is 10.1 Å². The van der Waals surface area contributed by atoms with Gasteiger partial charge in [0.1, 0.15) is 0 Å². The lowest BCUT2D eigenvalue weighted by atomic mass is 9.85. The van der Waals surface area contributed by atoms with E-state index in [1.807, 2.05) is 24.3 Å². The Labute approximate surface area is 136 Å². The first kappa shape index (κ1) is 14.3. The molecule has 6 heteroatoms. The van der Waals surface area contributed by atoms with Crippen molar-refractivity contribution >= 4 is 22.6 Å². The van der Waals surface area contributed by atoms with Crippen molar-refractivity contribution in [2.24, 2.45) is 0 Å². The molecule has 0 saturated heterocycles. The number of fused-ring (bicyclic) bond motifs is 4. The Bertz CT molecular complexity index is 1030. The van der Waals surface area contributed by atoms with Crippen molar-refractivity contribution in [2.45, 2.75) is 12.8 Å². The molecule has 3 aromatic rings. The van der Waals surface area contributed by atoms with Gasteiger partial charge in [-0.1, -0.05) is 24.3 Å². The molecule has 4 rings (SSSR count). The summed E-state index contributed by atoms with van der Waals surface area (Å²) in [5, 5.41) is 21.0. The van der Waals surface area contributed by atoms with Crippen LogP contribution < -0.4 is 0 Å². The van der Waals surface area contributed by atoms with E-state index < -0.39 is 10.9 Å². The predicted octanol–water partition coefficient (Wildman–Crippen LogP) is 3.61. The summed E-state index contributed by atoms with van der Waals surface area (Å²) in [4.78, 5) is 27.0. The molecule has 1 heterocycles. The molecule has 0 spiro atoms. The van der Waals surface area contributed by atoms with Crippen LogP contribution in [0.1, 0.15) is 21.5 Å². The highest BCUT2D eigenvalue weighted by atomic mass is 16.6. The number of carbonyl (C=O) groups is 1. The van der Waals surface area contributed by atoms with Gasteiger partial charge >= 0.3 is 5.97 Å². The molecule has 1 aromatic heterocycles. The van der Waals surface area contributed by atoms with Crippen LogP contribution in [0.15, 0.2) is 42.5 Å². The molecule has 24 heavy (non-hydrogen) atoms. The summed E-state index contributed by atoms with van der Waals surface area (Å²) >= 11 is 0. The molecule has 2 aromatic carbocycles. The quantitative estimate of drug-likeness (QED) is 0.575. The highest BCUT2D eigenvalue weighted by Gasteiger charge is 2.26. The van der Waals surface area contributed by atoms with Gasteiger partial charge in [-0.15, -0.1) is 0 Å². The molecule has 0 unspecified atom stereocenters. The van der Waals surface area contributed by atoms with Crippen LogP contribution in [-0.4, -0.2) is 21.0 Å². The number of aromatic carboxylic acids is 1. The summed E-state index contributed by atoms with van der Waals surface area (Å²) in [6.45, 7) is 0. The van der Waals surface area contributed by atoms with E-state index >= 15 is 0 Å². The SMILES string of the molecule is O=C(O)c1c2c(nc3ccc([N+](=O)[O-])cc13)-c1ccccc1CC2. The topological polar surface area (TPSA) is 93.3 Å². The molecule has 0 saturated carbocycles. The monoisotopic (exact) mass is 320 g/mol. The zero-order valence-electron chi connectivity index (χ0n) is 12.5. The van der Waals surface area contributed by atoms with Gasteiger partial charge in [0, 0.05) is 23.1 Å². The van der Waals surface area contributed by atoms with Crippen molar-refractivity contribution in [3.05, 3.63) is 69.3 Å². The minimum absolute atomic E-state index is 0.119. The normalized spacial score (nSPS) is 12.5. The van der Waals surface area contributed by atoms with Gasteiger partial charge in [-0.25, -0.2) is 9.78 Å². The summed E-state index contributed by atoms with van der Waals surface area (Å²) in [5.74, 6) is -1.08. The highest BCUT2D eigenvalue weighted by molar-refractivity contribution is 6.06. The second kappa shape index (κ2) is 5.13. The number of aromatic nitrogens is 1. The van der Waals surface area contributed by atoms with Gasteiger partial charge in [0.25, 0.3) is 5.69 Å². The van der Waals surface area contributed by atoms with Crippen LogP contribution in [0.3, 0.4) is 0 Å². The lowest BCUT2D eigenvalue weighted by Crippen LogP contribution is -2.13. The van der Waals surface area contributed by atoms with Crippen LogP contribution >= 0.6 is 0 Å². The second-order valence-corrected chi connectivity index (χ2v) is 5.73. The fourth-order valence-electron chi connectivity index (χ4n) is 3.34. The fraction of sp³-hybridized carbons (Fsp3) is 0.111. The van der Waals surface area contributed by atoms with E-state index in [9.17, 15) is 20.0 Å². The van der Waals surface area contributed by atoms with Gasteiger partial charge < -0.3 is 5.11 Å². The number of hydrogen-bond donors (Lipinski definition) is 1. The van der Waals surface area contributed by atoms with E-state index in [0.717, 1.165) is 17.5 Å². The number of carboxylic acid groups (broad SMARTS) is 1. The van der Waals surface area contributed by atoms with Crippen LogP contribution in [0.5, 0.6) is 0 Å². The van der Waals surface area contributed by atoms with Crippen LogP contribution in [0.4, 0.5) is 5.69 Å². The molecule has 1 aliphatic carbocycles. The van der Waals surface area contributed by atoms with Gasteiger partial charge in [0.05, 0.1) is 21.7 Å². The van der Waals surface area contributed by atoms with Crippen molar-refractivity contribution < 1.29 is 14.8 Å². The average molecular weight is 320 g/mol. The third kappa shape index (κ3) is 2.04. The Morgan fingerprint density at radius 2 is 1.96 bits per heavy atom. The summed E-state index contributed by atoms with van der Waals surface area (Å²) in [5.41, 5.74) is 3.81. The van der Waals surface area contributed by atoms with Crippen molar-refractivity contribution in [3.8, 4) is 11.3 Å². The Hall–Kier alpha value is -3.28. The number of non-ortho nitro benzene ring substituents is 1. The Morgan fingerprint density at radius 3 is 2.71 bits per heavy atom. The molecule has 0 aliphatic heterocycles. The minimum atomic E-state index is -1.08.